The third kappa shape index (κ3) is 4.79. The lowest BCUT2D eigenvalue weighted by Gasteiger charge is -2.31. The number of carbonyl (C=O) groups is 3. The predicted octanol–water partition coefficient (Wildman–Crippen LogP) is 2.43. The van der Waals surface area contributed by atoms with Crippen molar-refractivity contribution in [3.63, 3.8) is 0 Å². The van der Waals surface area contributed by atoms with Gasteiger partial charge in [0.25, 0.3) is 11.8 Å². The van der Waals surface area contributed by atoms with Gasteiger partial charge in [-0.2, -0.15) is 4.37 Å². The van der Waals surface area contributed by atoms with Gasteiger partial charge >= 0.3 is 0 Å². The van der Waals surface area contributed by atoms with E-state index in [9.17, 15) is 14.4 Å². The Hall–Kier alpha value is -2.65. The summed E-state index contributed by atoms with van der Waals surface area (Å²) in [6, 6.07) is 5.58. The van der Waals surface area contributed by atoms with Crippen LogP contribution in [0, 0.1) is 0 Å². The molecule has 0 bridgehead atoms. The van der Waals surface area contributed by atoms with Crippen molar-refractivity contribution in [2.75, 3.05) is 10.6 Å². The molecule has 0 saturated carbocycles. The summed E-state index contributed by atoms with van der Waals surface area (Å²) in [5.41, 5.74) is 10.8. The zero-order valence-electron chi connectivity index (χ0n) is 15.9. The summed E-state index contributed by atoms with van der Waals surface area (Å²) in [5, 5.41) is 3.33. The van der Waals surface area contributed by atoms with Crippen LogP contribution in [0.1, 0.15) is 47.9 Å². The minimum Gasteiger partial charge on any atom is -0.395 e. The van der Waals surface area contributed by atoms with E-state index in [2.05, 4.69) is 9.69 Å². The number of hydrogen-bond donors (Lipinski definition) is 3. The zero-order chi connectivity index (χ0) is 21.2. The van der Waals surface area contributed by atoms with Crippen LogP contribution in [0.3, 0.4) is 0 Å². The number of primary amides is 1. The molecule has 0 unspecified atom stereocenters. The van der Waals surface area contributed by atoms with Gasteiger partial charge in [0.2, 0.25) is 5.91 Å². The summed E-state index contributed by atoms with van der Waals surface area (Å²) >= 11 is 6.70. The van der Waals surface area contributed by atoms with Gasteiger partial charge in [-0.25, -0.2) is 0 Å². The molecule has 1 aromatic carbocycles. The van der Waals surface area contributed by atoms with Gasteiger partial charge in [-0.3, -0.25) is 19.3 Å². The maximum absolute atomic E-state index is 13.2. The van der Waals surface area contributed by atoms with Crippen molar-refractivity contribution in [2.24, 2.45) is 5.73 Å². The first kappa shape index (κ1) is 21.6. The van der Waals surface area contributed by atoms with Gasteiger partial charge in [0, 0.05) is 16.2 Å². The lowest BCUT2D eigenvalue weighted by Crippen LogP contribution is -2.52. The SMILES string of the molecule is C[C@@H](C(=O)NC(C)(C)C)N(C(=O)c1snc(C(N)=O)c1N)c1ccc(Cl)cc1. The molecule has 3 amide bonds. The maximum Gasteiger partial charge on any atom is 0.272 e. The number of hydrogen-bond acceptors (Lipinski definition) is 6. The number of carbonyl (C=O) groups excluding carboxylic acids is 3. The largest absolute Gasteiger partial charge is 0.395 e. The lowest BCUT2D eigenvalue weighted by molar-refractivity contribution is -0.123. The Morgan fingerprint density at radius 1 is 1.21 bits per heavy atom. The monoisotopic (exact) mass is 423 g/mol. The lowest BCUT2D eigenvalue weighted by atomic mass is 10.1. The average molecular weight is 424 g/mol. The van der Waals surface area contributed by atoms with Gasteiger partial charge in [0.05, 0.1) is 5.69 Å². The van der Waals surface area contributed by atoms with Gasteiger partial charge in [-0.15, -0.1) is 0 Å². The van der Waals surface area contributed by atoms with E-state index in [4.69, 9.17) is 23.1 Å². The number of nitrogens with two attached hydrogens (primary N) is 2. The summed E-state index contributed by atoms with van der Waals surface area (Å²) in [6.45, 7) is 7.12. The number of benzene rings is 1. The molecule has 150 valence electrons. The highest BCUT2D eigenvalue weighted by molar-refractivity contribution is 7.09. The van der Waals surface area contributed by atoms with Crippen LogP contribution >= 0.6 is 23.1 Å². The second-order valence-corrected chi connectivity index (χ2v) is 8.41. The van der Waals surface area contributed by atoms with Crippen molar-refractivity contribution in [1.29, 1.82) is 0 Å². The first-order valence-corrected chi connectivity index (χ1v) is 9.53. The number of nitrogens with zero attached hydrogens (tertiary/aromatic N) is 2. The van der Waals surface area contributed by atoms with E-state index in [0.717, 1.165) is 11.5 Å². The maximum atomic E-state index is 13.2. The normalized spacial score (nSPS) is 12.3. The Bertz CT molecular complexity index is 905. The molecule has 0 radical (unpaired) electrons. The standard InChI is InChI=1S/C18H22ClN5O3S/c1-9(16(26)22-18(2,3)4)24(11-7-5-10(19)6-8-11)17(27)14-12(20)13(15(21)25)23-28-14/h5-9H,20H2,1-4H3,(H2,21,25)(H,22,26)/t9-/m0/s1. The fourth-order valence-electron chi connectivity index (χ4n) is 2.45. The first-order chi connectivity index (χ1) is 12.9. The molecule has 0 aliphatic rings. The van der Waals surface area contributed by atoms with E-state index in [1.54, 1.807) is 31.2 Å². The van der Waals surface area contributed by atoms with Crippen LogP contribution in [0.5, 0.6) is 0 Å². The van der Waals surface area contributed by atoms with Crippen molar-refractivity contribution in [3.05, 3.63) is 39.9 Å². The second-order valence-electron chi connectivity index (χ2n) is 7.21. The van der Waals surface area contributed by atoms with Crippen LogP contribution in [0.2, 0.25) is 5.02 Å². The summed E-state index contributed by atoms with van der Waals surface area (Å²) in [6.07, 6.45) is 0. The minimum absolute atomic E-state index is 0.0270. The van der Waals surface area contributed by atoms with Crippen molar-refractivity contribution < 1.29 is 14.4 Å². The molecule has 2 rings (SSSR count). The van der Waals surface area contributed by atoms with Crippen molar-refractivity contribution in [3.8, 4) is 0 Å². The first-order valence-electron chi connectivity index (χ1n) is 8.38. The van der Waals surface area contributed by atoms with Crippen LogP contribution in [0.15, 0.2) is 24.3 Å². The molecule has 0 fully saturated rings. The fraction of sp³-hybridized carbons (Fsp3) is 0.333. The zero-order valence-corrected chi connectivity index (χ0v) is 17.5. The Morgan fingerprint density at radius 2 is 1.79 bits per heavy atom. The van der Waals surface area contributed by atoms with Crippen LogP contribution in [-0.4, -0.2) is 33.7 Å². The molecule has 5 N–H and O–H groups in total. The number of amides is 3. The second kappa shape index (κ2) is 8.15. The van der Waals surface area contributed by atoms with Crippen LogP contribution in [-0.2, 0) is 4.79 Å². The number of rotatable bonds is 5. The van der Waals surface area contributed by atoms with E-state index in [-0.39, 0.29) is 22.2 Å². The highest BCUT2D eigenvalue weighted by Crippen LogP contribution is 2.28. The highest BCUT2D eigenvalue weighted by atomic mass is 35.5. The van der Waals surface area contributed by atoms with Gasteiger partial charge in [0.15, 0.2) is 5.69 Å². The van der Waals surface area contributed by atoms with E-state index < -0.39 is 23.4 Å². The topological polar surface area (TPSA) is 131 Å². The molecule has 28 heavy (non-hydrogen) atoms. The molecule has 8 nitrogen and oxygen atoms in total. The Labute approximate surface area is 172 Å². The van der Waals surface area contributed by atoms with E-state index in [1.807, 2.05) is 20.8 Å². The highest BCUT2D eigenvalue weighted by Gasteiger charge is 2.33. The molecule has 1 atom stereocenters. The van der Waals surface area contributed by atoms with Gasteiger partial charge < -0.3 is 16.8 Å². The van der Waals surface area contributed by atoms with Crippen LogP contribution in [0.4, 0.5) is 11.4 Å². The molecule has 10 heteroatoms. The average Bonchev–Trinajstić information content (AvgIpc) is 2.96. The number of nitrogen functional groups attached to an aromatic ring is 1. The molecule has 1 aromatic heterocycles. The van der Waals surface area contributed by atoms with E-state index in [1.165, 1.54) is 4.90 Å². The molecule has 2 aromatic rings. The molecule has 1 heterocycles. The summed E-state index contributed by atoms with van der Waals surface area (Å²) in [4.78, 5) is 38.7. The van der Waals surface area contributed by atoms with Crippen molar-refractivity contribution in [2.45, 2.75) is 39.3 Å². The van der Waals surface area contributed by atoms with Crippen molar-refractivity contribution in [1.82, 2.24) is 9.69 Å². The Morgan fingerprint density at radius 3 is 2.25 bits per heavy atom. The summed E-state index contributed by atoms with van der Waals surface area (Å²) in [7, 11) is 0. The number of aromatic nitrogens is 1. The number of nitrogens with one attached hydrogen (secondary N) is 1. The number of anilines is 2. The smallest absolute Gasteiger partial charge is 0.272 e. The number of halogens is 1. The fourth-order valence-corrected chi connectivity index (χ4v) is 3.32. The molecule has 0 spiro atoms. The minimum atomic E-state index is -0.869. The summed E-state index contributed by atoms with van der Waals surface area (Å²) in [5.74, 6) is -1.75. The summed E-state index contributed by atoms with van der Waals surface area (Å²) < 4.78 is 3.86. The Balaban J connectivity index is 2.49. The molecule has 0 saturated heterocycles. The molecule has 0 aliphatic heterocycles. The van der Waals surface area contributed by atoms with Crippen molar-refractivity contribution >= 4 is 52.2 Å². The third-order valence-electron chi connectivity index (χ3n) is 3.74. The van der Waals surface area contributed by atoms with E-state index in [0.29, 0.717) is 10.7 Å². The molecular formula is C18H22ClN5O3S. The molecule has 0 aliphatic carbocycles. The quantitative estimate of drug-likeness (QED) is 0.679. The Kier molecular flexibility index (Phi) is 6.30. The van der Waals surface area contributed by atoms with Gasteiger partial charge in [-0.05, 0) is 63.5 Å². The van der Waals surface area contributed by atoms with Gasteiger partial charge in [0.1, 0.15) is 10.9 Å². The van der Waals surface area contributed by atoms with E-state index >= 15 is 0 Å². The third-order valence-corrected chi connectivity index (χ3v) is 4.85. The molecular weight excluding hydrogens is 402 g/mol. The predicted molar refractivity (Wildman–Crippen MR) is 111 cm³/mol. The van der Waals surface area contributed by atoms with Crippen LogP contribution in [0.25, 0.3) is 0 Å². The van der Waals surface area contributed by atoms with Gasteiger partial charge in [-0.1, -0.05) is 11.6 Å². The van der Waals surface area contributed by atoms with Crippen LogP contribution < -0.4 is 21.7 Å².